The molecule has 0 bridgehead atoms. The number of allylic oxidation sites excluding steroid dienone is 2. The number of carbonyl (C=O) groups excluding carboxylic acids is 1. The quantitative estimate of drug-likeness (QED) is 0.664. The van der Waals surface area contributed by atoms with Crippen LogP contribution in [-0.4, -0.2) is 28.1 Å². The number of aromatic nitrogens is 1. The summed E-state index contributed by atoms with van der Waals surface area (Å²) in [5, 5.41) is 13.4. The van der Waals surface area contributed by atoms with Gasteiger partial charge in [-0.15, -0.1) is 0 Å². The van der Waals surface area contributed by atoms with Crippen LogP contribution in [-0.2, 0) is 0 Å². The number of carbonyl (C=O) groups is 1. The van der Waals surface area contributed by atoms with Crippen molar-refractivity contribution in [1.29, 1.82) is 0 Å². The summed E-state index contributed by atoms with van der Waals surface area (Å²) in [5.41, 5.74) is 0.211. The van der Waals surface area contributed by atoms with Gasteiger partial charge in [0, 0.05) is 12.7 Å². The molecule has 1 aliphatic carbocycles. The average Bonchev–Trinajstić information content (AvgIpc) is 2.43. The van der Waals surface area contributed by atoms with Gasteiger partial charge >= 0.3 is 0 Å². The number of hydrogen-bond acceptors (Lipinski definition) is 3. The van der Waals surface area contributed by atoms with Crippen LogP contribution in [0, 0.1) is 12.9 Å². The highest BCUT2D eigenvalue weighted by molar-refractivity contribution is 5.95. The molecule has 0 saturated carbocycles. The first-order chi connectivity index (χ1) is 10.5. The molecule has 2 N–H and O–H groups in total. The monoisotopic (exact) mass is 306 g/mol. The van der Waals surface area contributed by atoms with Gasteiger partial charge in [0.1, 0.15) is 0 Å². The van der Waals surface area contributed by atoms with Gasteiger partial charge in [0.2, 0.25) is 5.95 Å². The maximum atomic E-state index is 12.9. The Morgan fingerprint density at radius 3 is 2.95 bits per heavy atom. The van der Waals surface area contributed by atoms with E-state index in [2.05, 4.69) is 22.5 Å². The summed E-state index contributed by atoms with van der Waals surface area (Å²) in [6.45, 7) is 2.07. The zero-order valence-electron chi connectivity index (χ0n) is 12.9. The number of nitrogens with one attached hydrogen (secondary N) is 1. The highest BCUT2D eigenvalue weighted by Gasteiger charge is 2.26. The van der Waals surface area contributed by atoms with Crippen molar-refractivity contribution >= 4 is 5.91 Å². The van der Waals surface area contributed by atoms with E-state index in [9.17, 15) is 14.3 Å². The van der Waals surface area contributed by atoms with Crippen LogP contribution in [0.25, 0.3) is 0 Å². The molecule has 120 valence electrons. The smallest absolute Gasteiger partial charge is 0.253 e. The summed E-state index contributed by atoms with van der Waals surface area (Å²) in [4.78, 5) is 15.6. The molecule has 0 spiro atoms. The molecule has 0 radical (unpaired) electrons. The fourth-order valence-electron chi connectivity index (χ4n) is 2.78. The lowest BCUT2D eigenvalue weighted by molar-refractivity contribution is 0.0132. The van der Waals surface area contributed by atoms with Gasteiger partial charge in [-0.1, -0.05) is 12.2 Å². The Morgan fingerprint density at radius 1 is 1.41 bits per heavy atom. The zero-order valence-corrected chi connectivity index (χ0v) is 12.9. The first kappa shape index (κ1) is 16.6. The zero-order chi connectivity index (χ0) is 16.0. The van der Waals surface area contributed by atoms with Crippen molar-refractivity contribution in [3.05, 3.63) is 41.5 Å². The molecule has 0 aromatic carbocycles. The Balaban J connectivity index is 1.87. The molecule has 1 aromatic heterocycles. The lowest BCUT2D eigenvalue weighted by Crippen LogP contribution is -2.35. The molecular weight excluding hydrogens is 283 g/mol. The SMILES string of the molecule is Cc1cc(F)ncc1C(=O)NCC[C@@]1(O)CC/C=C/CCC1. The van der Waals surface area contributed by atoms with Gasteiger partial charge in [-0.25, -0.2) is 4.98 Å². The first-order valence-electron chi connectivity index (χ1n) is 7.78. The predicted octanol–water partition coefficient (Wildman–Crippen LogP) is 2.90. The molecule has 0 saturated heterocycles. The van der Waals surface area contributed by atoms with Gasteiger partial charge in [-0.2, -0.15) is 4.39 Å². The van der Waals surface area contributed by atoms with Gasteiger partial charge in [0.15, 0.2) is 0 Å². The van der Waals surface area contributed by atoms with Crippen LogP contribution in [0.4, 0.5) is 4.39 Å². The van der Waals surface area contributed by atoms with Crippen molar-refractivity contribution in [2.75, 3.05) is 6.54 Å². The largest absolute Gasteiger partial charge is 0.390 e. The number of pyridine rings is 1. The second-order valence-electron chi connectivity index (χ2n) is 5.95. The Bertz CT molecular complexity index is 560. The van der Waals surface area contributed by atoms with E-state index in [0.717, 1.165) is 32.1 Å². The molecule has 1 atom stereocenters. The molecule has 0 unspecified atom stereocenters. The van der Waals surface area contributed by atoms with E-state index in [1.54, 1.807) is 6.92 Å². The Hall–Kier alpha value is -1.75. The highest BCUT2D eigenvalue weighted by Crippen LogP contribution is 2.26. The lowest BCUT2D eigenvalue weighted by Gasteiger charge is -2.29. The van der Waals surface area contributed by atoms with Crippen LogP contribution in [0.1, 0.15) is 54.4 Å². The minimum atomic E-state index is -0.714. The van der Waals surface area contributed by atoms with Gasteiger partial charge in [0.25, 0.3) is 5.91 Å². The molecule has 1 aromatic rings. The molecule has 1 amide bonds. The number of hydrogen-bond donors (Lipinski definition) is 2. The Labute approximate surface area is 130 Å². The molecule has 4 nitrogen and oxygen atoms in total. The molecule has 22 heavy (non-hydrogen) atoms. The lowest BCUT2D eigenvalue weighted by atomic mass is 9.86. The second-order valence-corrected chi connectivity index (χ2v) is 5.95. The summed E-state index contributed by atoms with van der Waals surface area (Å²) >= 11 is 0. The second kappa shape index (κ2) is 7.49. The first-order valence-corrected chi connectivity index (χ1v) is 7.78. The maximum Gasteiger partial charge on any atom is 0.253 e. The Kier molecular flexibility index (Phi) is 5.66. The molecule has 0 aliphatic heterocycles. The third-order valence-electron chi connectivity index (χ3n) is 4.15. The van der Waals surface area contributed by atoms with E-state index in [1.807, 2.05) is 0 Å². The van der Waals surface area contributed by atoms with E-state index in [0.29, 0.717) is 24.1 Å². The molecule has 2 rings (SSSR count). The third-order valence-corrected chi connectivity index (χ3v) is 4.15. The van der Waals surface area contributed by atoms with Crippen LogP contribution >= 0.6 is 0 Å². The molecular formula is C17H23FN2O2. The average molecular weight is 306 g/mol. The fraction of sp³-hybridized carbons (Fsp3) is 0.529. The topological polar surface area (TPSA) is 62.2 Å². The maximum absolute atomic E-state index is 12.9. The number of aryl methyl sites for hydroxylation is 1. The van der Waals surface area contributed by atoms with Crippen LogP contribution in [0.15, 0.2) is 24.4 Å². The summed E-state index contributed by atoms with van der Waals surface area (Å²) in [6, 6.07) is 1.24. The summed E-state index contributed by atoms with van der Waals surface area (Å²) in [5.74, 6) is -0.870. The van der Waals surface area contributed by atoms with E-state index in [1.165, 1.54) is 12.3 Å². The van der Waals surface area contributed by atoms with Crippen LogP contribution in [0.3, 0.4) is 0 Å². The van der Waals surface area contributed by atoms with E-state index in [4.69, 9.17) is 0 Å². The van der Waals surface area contributed by atoms with Crippen LogP contribution in [0.2, 0.25) is 0 Å². The molecule has 0 fully saturated rings. The molecule has 5 heteroatoms. The van der Waals surface area contributed by atoms with Gasteiger partial charge < -0.3 is 10.4 Å². The normalized spacial score (nSPS) is 23.4. The third kappa shape index (κ3) is 4.63. The highest BCUT2D eigenvalue weighted by atomic mass is 19.1. The van der Waals surface area contributed by atoms with Crippen molar-refractivity contribution in [2.24, 2.45) is 0 Å². The summed E-state index contributed by atoms with van der Waals surface area (Å²) < 4.78 is 12.9. The van der Waals surface area contributed by atoms with Crippen molar-refractivity contribution in [2.45, 2.75) is 51.0 Å². The molecule has 1 aliphatic rings. The summed E-state index contributed by atoms with van der Waals surface area (Å²) in [6.07, 6.45) is 10.3. The minimum absolute atomic E-state index is 0.278. The van der Waals surface area contributed by atoms with Crippen LogP contribution in [0.5, 0.6) is 0 Å². The van der Waals surface area contributed by atoms with E-state index in [-0.39, 0.29) is 5.91 Å². The number of aliphatic hydroxyl groups is 1. The Morgan fingerprint density at radius 2 is 2.18 bits per heavy atom. The van der Waals surface area contributed by atoms with Crippen LogP contribution < -0.4 is 5.32 Å². The fourth-order valence-corrected chi connectivity index (χ4v) is 2.78. The number of amides is 1. The van der Waals surface area contributed by atoms with Crippen molar-refractivity contribution < 1.29 is 14.3 Å². The predicted molar refractivity (Wildman–Crippen MR) is 83.1 cm³/mol. The summed E-state index contributed by atoms with van der Waals surface area (Å²) in [7, 11) is 0. The van der Waals surface area contributed by atoms with Crippen molar-refractivity contribution in [3.8, 4) is 0 Å². The van der Waals surface area contributed by atoms with E-state index >= 15 is 0 Å². The number of halogens is 1. The van der Waals surface area contributed by atoms with Gasteiger partial charge in [0.05, 0.1) is 11.2 Å². The van der Waals surface area contributed by atoms with Crippen molar-refractivity contribution in [1.82, 2.24) is 10.3 Å². The minimum Gasteiger partial charge on any atom is -0.390 e. The van der Waals surface area contributed by atoms with Gasteiger partial charge in [-0.05, 0) is 57.1 Å². The van der Waals surface area contributed by atoms with Crippen molar-refractivity contribution in [3.63, 3.8) is 0 Å². The standard InChI is InChI=1S/C17H23FN2O2/c1-13-11-15(18)20-12-14(13)16(21)19-10-9-17(22)7-5-3-2-4-6-8-17/h2-3,11-12,22H,4-10H2,1H3,(H,19,21)/b3-2+/t17-/m1/s1. The van der Waals surface area contributed by atoms with Gasteiger partial charge in [-0.3, -0.25) is 4.79 Å². The molecule has 1 heterocycles. The number of nitrogens with zero attached hydrogens (tertiary/aromatic N) is 1. The van der Waals surface area contributed by atoms with E-state index < -0.39 is 11.5 Å². The number of rotatable bonds is 4.